The smallest absolute Gasteiger partial charge is 0.220 e. The standard InChI is InChI=1S/C20H39NO.H3N/c1-3-5-6-7-8-9-10-11-12-13-14-15-16-17-18-19(4-2)20(21)22;/h11-12,19H,3-10,13-18H2,1-2H3,(H2,21,22);1H3/b12-11-;. The van der Waals surface area contributed by atoms with Crippen LogP contribution in [0.25, 0.3) is 0 Å². The van der Waals surface area contributed by atoms with Crippen LogP contribution in [-0.4, -0.2) is 5.91 Å². The first kappa shape index (κ1) is 24.4. The number of nitrogens with two attached hydrogens (primary N) is 1. The van der Waals surface area contributed by atoms with E-state index >= 15 is 0 Å². The molecular formula is C20H42N2O. The molecule has 0 aliphatic heterocycles. The molecule has 0 heterocycles. The maximum absolute atomic E-state index is 11.1. The molecule has 0 aromatic rings. The van der Waals surface area contributed by atoms with Gasteiger partial charge in [-0.2, -0.15) is 0 Å². The van der Waals surface area contributed by atoms with Gasteiger partial charge in [-0.3, -0.25) is 4.79 Å². The van der Waals surface area contributed by atoms with Gasteiger partial charge in [-0.05, 0) is 38.5 Å². The van der Waals surface area contributed by atoms with Crippen LogP contribution in [0.5, 0.6) is 0 Å². The second kappa shape index (κ2) is 19.2. The van der Waals surface area contributed by atoms with Crippen LogP contribution in [0, 0.1) is 5.92 Å². The van der Waals surface area contributed by atoms with Crippen molar-refractivity contribution in [1.82, 2.24) is 6.15 Å². The topological polar surface area (TPSA) is 78.1 Å². The number of hydrogen-bond acceptors (Lipinski definition) is 2. The summed E-state index contributed by atoms with van der Waals surface area (Å²) in [5.41, 5.74) is 5.35. The summed E-state index contributed by atoms with van der Waals surface area (Å²) in [6.45, 7) is 4.31. The monoisotopic (exact) mass is 326 g/mol. The Morgan fingerprint density at radius 3 is 1.78 bits per heavy atom. The average Bonchev–Trinajstić information content (AvgIpc) is 2.51. The van der Waals surface area contributed by atoms with Crippen molar-refractivity contribution in [3.8, 4) is 0 Å². The minimum atomic E-state index is -0.125. The Balaban J connectivity index is 0. The number of carbonyl (C=O) groups is 1. The van der Waals surface area contributed by atoms with Gasteiger partial charge < -0.3 is 11.9 Å². The zero-order valence-electron chi connectivity index (χ0n) is 15.8. The first-order valence-electron chi connectivity index (χ1n) is 9.66. The summed E-state index contributed by atoms with van der Waals surface area (Å²) < 4.78 is 0. The molecule has 3 heteroatoms. The summed E-state index contributed by atoms with van der Waals surface area (Å²) in [4.78, 5) is 11.1. The van der Waals surface area contributed by atoms with E-state index in [0.717, 1.165) is 19.3 Å². The van der Waals surface area contributed by atoms with Crippen molar-refractivity contribution in [3.05, 3.63) is 12.2 Å². The Morgan fingerprint density at radius 2 is 1.30 bits per heavy atom. The van der Waals surface area contributed by atoms with Gasteiger partial charge in [0.25, 0.3) is 0 Å². The third-order valence-electron chi connectivity index (χ3n) is 4.46. The summed E-state index contributed by atoms with van der Waals surface area (Å²) in [6.07, 6.45) is 22.3. The van der Waals surface area contributed by atoms with Gasteiger partial charge in [0.1, 0.15) is 0 Å². The van der Waals surface area contributed by atoms with Crippen molar-refractivity contribution in [2.75, 3.05) is 0 Å². The van der Waals surface area contributed by atoms with Crippen molar-refractivity contribution < 1.29 is 4.79 Å². The molecule has 0 saturated carbocycles. The first-order valence-corrected chi connectivity index (χ1v) is 9.66. The number of allylic oxidation sites excluding steroid dienone is 2. The Morgan fingerprint density at radius 1 is 0.826 bits per heavy atom. The highest BCUT2D eigenvalue weighted by Crippen LogP contribution is 2.14. The van der Waals surface area contributed by atoms with E-state index in [1.165, 1.54) is 70.6 Å². The zero-order chi connectivity index (χ0) is 16.5. The molecule has 5 N–H and O–H groups in total. The van der Waals surface area contributed by atoms with E-state index in [9.17, 15) is 4.79 Å². The van der Waals surface area contributed by atoms with Crippen LogP contribution >= 0.6 is 0 Å². The molecule has 1 unspecified atom stereocenters. The summed E-state index contributed by atoms with van der Waals surface area (Å²) in [7, 11) is 0. The van der Waals surface area contributed by atoms with Crippen molar-refractivity contribution >= 4 is 5.91 Å². The lowest BCUT2D eigenvalue weighted by atomic mass is 9.97. The summed E-state index contributed by atoms with van der Waals surface area (Å²) >= 11 is 0. The molecule has 23 heavy (non-hydrogen) atoms. The van der Waals surface area contributed by atoms with E-state index in [0.29, 0.717) is 0 Å². The predicted octanol–water partition coefficient (Wildman–Crippen LogP) is 6.31. The molecule has 0 bridgehead atoms. The Kier molecular flexibility index (Phi) is 20.4. The summed E-state index contributed by atoms with van der Waals surface area (Å²) in [6, 6.07) is 0. The number of hydrogen-bond donors (Lipinski definition) is 2. The average molecular weight is 327 g/mol. The van der Waals surface area contributed by atoms with Gasteiger partial charge in [-0.15, -0.1) is 0 Å². The Bertz CT molecular complexity index is 277. The molecular weight excluding hydrogens is 284 g/mol. The highest BCUT2D eigenvalue weighted by atomic mass is 16.1. The van der Waals surface area contributed by atoms with E-state index in [1.54, 1.807) is 0 Å². The highest BCUT2D eigenvalue weighted by Gasteiger charge is 2.11. The minimum absolute atomic E-state index is 0. The van der Waals surface area contributed by atoms with Gasteiger partial charge >= 0.3 is 0 Å². The second-order valence-electron chi connectivity index (χ2n) is 6.53. The van der Waals surface area contributed by atoms with E-state index < -0.39 is 0 Å². The molecule has 0 rings (SSSR count). The molecule has 0 radical (unpaired) electrons. The van der Waals surface area contributed by atoms with Crippen LogP contribution in [0.15, 0.2) is 12.2 Å². The minimum Gasteiger partial charge on any atom is -0.369 e. The number of rotatable bonds is 16. The molecule has 1 amide bonds. The second-order valence-corrected chi connectivity index (χ2v) is 6.53. The van der Waals surface area contributed by atoms with E-state index in [1.807, 2.05) is 6.92 Å². The highest BCUT2D eigenvalue weighted by molar-refractivity contribution is 5.76. The fourth-order valence-electron chi connectivity index (χ4n) is 2.83. The summed E-state index contributed by atoms with van der Waals surface area (Å²) in [5.74, 6) is -0.0302. The molecule has 0 saturated heterocycles. The number of primary amides is 1. The third kappa shape index (κ3) is 17.4. The number of unbranched alkanes of at least 4 members (excludes halogenated alkanes) is 10. The molecule has 0 aliphatic carbocycles. The van der Waals surface area contributed by atoms with Crippen molar-refractivity contribution in [3.63, 3.8) is 0 Å². The van der Waals surface area contributed by atoms with Gasteiger partial charge in [0, 0.05) is 5.92 Å². The van der Waals surface area contributed by atoms with Crippen LogP contribution < -0.4 is 11.9 Å². The maximum atomic E-state index is 11.1. The maximum Gasteiger partial charge on any atom is 0.220 e. The molecule has 0 aromatic carbocycles. The van der Waals surface area contributed by atoms with E-state index in [2.05, 4.69) is 19.1 Å². The molecule has 3 nitrogen and oxygen atoms in total. The zero-order valence-corrected chi connectivity index (χ0v) is 15.8. The van der Waals surface area contributed by atoms with Gasteiger partial charge in [0.2, 0.25) is 5.91 Å². The van der Waals surface area contributed by atoms with Gasteiger partial charge in [-0.25, -0.2) is 0 Å². The van der Waals surface area contributed by atoms with Crippen LogP contribution in [0.2, 0.25) is 0 Å². The molecule has 138 valence electrons. The lowest BCUT2D eigenvalue weighted by Crippen LogP contribution is -2.22. The lowest BCUT2D eigenvalue weighted by Gasteiger charge is -2.09. The van der Waals surface area contributed by atoms with Crippen LogP contribution in [0.1, 0.15) is 104 Å². The van der Waals surface area contributed by atoms with Crippen molar-refractivity contribution in [2.45, 2.75) is 104 Å². The molecule has 0 fully saturated rings. The first-order chi connectivity index (χ1) is 10.7. The Labute approximate surface area is 145 Å². The van der Waals surface area contributed by atoms with E-state index in [-0.39, 0.29) is 18.0 Å². The number of amides is 1. The van der Waals surface area contributed by atoms with E-state index in [4.69, 9.17) is 5.73 Å². The van der Waals surface area contributed by atoms with Crippen molar-refractivity contribution in [2.24, 2.45) is 11.7 Å². The van der Waals surface area contributed by atoms with Gasteiger partial charge in [0.15, 0.2) is 0 Å². The normalized spacial score (nSPS) is 12.3. The van der Waals surface area contributed by atoms with Crippen LogP contribution in [0.4, 0.5) is 0 Å². The molecule has 0 aromatic heterocycles. The Hall–Kier alpha value is -0.830. The van der Waals surface area contributed by atoms with Gasteiger partial charge in [-0.1, -0.05) is 77.4 Å². The quantitative estimate of drug-likeness (QED) is 0.257. The SMILES string of the molecule is CCCCCCCC/C=C\CCCCCCC(CC)C(N)=O.N. The molecule has 0 spiro atoms. The fourth-order valence-corrected chi connectivity index (χ4v) is 2.83. The van der Waals surface area contributed by atoms with Crippen LogP contribution in [-0.2, 0) is 4.79 Å². The fraction of sp³-hybridized carbons (Fsp3) is 0.850. The van der Waals surface area contributed by atoms with Crippen molar-refractivity contribution in [1.29, 1.82) is 0 Å². The molecule has 0 aliphatic rings. The van der Waals surface area contributed by atoms with Gasteiger partial charge in [0.05, 0.1) is 0 Å². The third-order valence-corrected chi connectivity index (χ3v) is 4.46. The number of carbonyl (C=O) groups excluding carboxylic acids is 1. The summed E-state index contributed by atoms with van der Waals surface area (Å²) in [5, 5.41) is 0. The molecule has 1 atom stereocenters. The largest absolute Gasteiger partial charge is 0.369 e. The van der Waals surface area contributed by atoms with Crippen LogP contribution in [0.3, 0.4) is 0 Å². The predicted molar refractivity (Wildman–Crippen MR) is 103 cm³/mol. The lowest BCUT2D eigenvalue weighted by molar-refractivity contribution is -0.122.